The quantitative estimate of drug-likeness (QED) is 0.529. The van der Waals surface area contributed by atoms with Crippen molar-refractivity contribution < 1.29 is 4.79 Å². The minimum Gasteiger partial charge on any atom is -0.345 e. The molecule has 0 spiro atoms. The Kier molecular flexibility index (Phi) is 6.72. The lowest BCUT2D eigenvalue weighted by atomic mass is 10.1. The Hall–Kier alpha value is -2.52. The minimum absolute atomic E-state index is 0.165. The molecule has 4 heteroatoms. The summed E-state index contributed by atoms with van der Waals surface area (Å²) < 4.78 is 2.18. The van der Waals surface area contributed by atoms with Gasteiger partial charge in [-0.3, -0.25) is 4.79 Å². The van der Waals surface area contributed by atoms with Crippen LogP contribution in [0, 0.1) is 0 Å². The fourth-order valence-electron chi connectivity index (χ4n) is 3.22. The highest BCUT2D eigenvalue weighted by Crippen LogP contribution is 2.15. The van der Waals surface area contributed by atoms with Crippen molar-refractivity contribution in [3.8, 4) is 0 Å². The van der Waals surface area contributed by atoms with Crippen LogP contribution in [-0.2, 0) is 24.3 Å². The van der Waals surface area contributed by atoms with E-state index < -0.39 is 0 Å². The Morgan fingerprint density at radius 2 is 1.78 bits per heavy atom. The van der Waals surface area contributed by atoms with Gasteiger partial charge in [-0.25, -0.2) is 0 Å². The van der Waals surface area contributed by atoms with Crippen LogP contribution in [0.2, 0.25) is 5.02 Å². The predicted octanol–water partition coefficient (Wildman–Crippen LogP) is 5.17. The number of halogens is 1. The maximum absolute atomic E-state index is 12.8. The Labute approximate surface area is 166 Å². The summed E-state index contributed by atoms with van der Waals surface area (Å²) in [5, 5.41) is 0.742. The monoisotopic (exact) mass is 380 g/mol. The van der Waals surface area contributed by atoms with E-state index in [-0.39, 0.29) is 5.91 Å². The Morgan fingerprint density at radius 1 is 1.00 bits per heavy atom. The van der Waals surface area contributed by atoms with Crippen LogP contribution in [0.4, 0.5) is 0 Å². The third-order valence-corrected chi connectivity index (χ3v) is 4.80. The normalized spacial score (nSPS) is 10.7. The first kappa shape index (κ1) is 19.2. The van der Waals surface area contributed by atoms with Crippen LogP contribution in [0.1, 0.15) is 30.2 Å². The zero-order chi connectivity index (χ0) is 19.1. The second-order valence-electron chi connectivity index (χ2n) is 6.74. The van der Waals surface area contributed by atoms with Gasteiger partial charge in [0.1, 0.15) is 0 Å². The summed E-state index contributed by atoms with van der Waals surface area (Å²) in [7, 11) is 0. The van der Waals surface area contributed by atoms with Crippen LogP contribution in [0.5, 0.6) is 0 Å². The lowest BCUT2D eigenvalue weighted by molar-refractivity contribution is -0.131. The van der Waals surface area contributed by atoms with Gasteiger partial charge in [0.25, 0.3) is 0 Å². The maximum Gasteiger partial charge on any atom is 0.227 e. The van der Waals surface area contributed by atoms with Crippen molar-refractivity contribution in [2.75, 3.05) is 6.54 Å². The van der Waals surface area contributed by atoms with Crippen molar-refractivity contribution in [2.24, 2.45) is 0 Å². The second-order valence-corrected chi connectivity index (χ2v) is 7.17. The number of carbonyl (C=O) groups excluding carboxylic acids is 1. The van der Waals surface area contributed by atoms with E-state index in [4.69, 9.17) is 11.6 Å². The van der Waals surface area contributed by atoms with Gasteiger partial charge in [0.2, 0.25) is 5.91 Å². The molecule has 0 aliphatic heterocycles. The van der Waals surface area contributed by atoms with E-state index in [2.05, 4.69) is 29.8 Å². The van der Waals surface area contributed by atoms with Gasteiger partial charge in [-0.2, -0.15) is 0 Å². The fourth-order valence-corrected chi connectivity index (χ4v) is 3.43. The smallest absolute Gasteiger partial charge is 0.227 e. The summed E-state index contributed by atoms with van der Waals surface area (Å²) in [5.74, 6) is 0.165. The molecule has 0 N–H and O–H groups in total. The predicted molar refractivity (Wildman–Crippen MR) is 111 cm³/mol. The molecule has 0 saturated carbocycles. The molecule has 1 heterocycles. The average molecular weight is 381 g/mol. The number of hydrogen-bond acceptors (Lipinski definition) is 1. The minimum atomic E-state index is 0.165. The Balaban J connectivity index is 1.71. The van der Waals surface area contributed by atoms with E-state index in [1.807, 2.05) is 59.5 Å². The van der Waals surface area contributed by atoms with Crippen molar-refractivity contribution in [1.29, 1.82) is 0 Å². The molecule has 0 atom stereocenters. The van der Waals surface area contributed by atoms with Gasteiger partial charge in [-0.15, -0.1) is 0 Å². The molecule has 3 aromatic rings. The topological polar surface area (TPSA) is 25.2 Å². The summed E-state index contributed by atoms with van der Waals surface area (Å²) in [6.07, 6.45) is 3.44. The average Bonchev–Trinajstić information content (AvgIpc) is 3.09. The molecule has 0 unspecified atom stereocenters. The van der Waals surface area contributed by atoms with Crippen LogP contribution in [-0.4, -0.2) is 21.9 Å². The molecule has 0 aliphatic carbocycles. The second kappa shape index (κ2) is 9.43. The third-order valence-electron chi connectivity index (χ3n) is 4.56. The van der Waals surface area contributed by atoms with E-state index in [0.717, 1.165) is 41.4 Å². The highest BCUT2D eigenvalue weighted by atomic mass is 35.5. The first-order valence-corrected chi connectivity index (χ1v) is 9.73. The summed E-state index contributed by atoms with van der Waals surface area (Å²) in [5.41, 5.74) is 3.33. The van der Waals surface area contributed by atoms with Crippen molar-refractivity contribution in [1.82, 2.24) is 9.47 Å². The highest BCUT2D eigenvalue weighted by Gasteiger charge is 2.15. The van der Waals surface area contributed by atoms with Crippen LogP contribution in [0.25, 0.3) is 0 Å². The molecular formula is C23H25ClN2O. The van der Waals surface area contributed by atoms with Crippen LogP contribution in [0.3, 0.4) is 0 Å². The number of amides is 1. The van der Waals surface area contributed by atoms with Crippen LogP contribution in [0.15, 0.2) is 72.9 Å². The Bertz CT molecular complexity index is 873. The molecule has 0 aliphatic rings. The van der Waals surface area contributed by atoms with E-state index in [9.17, 15) is 4.79 Å². The molecule has 3 rings (SSSR count). The van der Waals surface area contributed by atoms with E-state index in [1.54, 1.807) is 0 Å². The van der Waals surface area contributed by atoms with Crippen LogP contribution < -0.4 is 0 Å². The number of nitrogens with zero attached hydrogens (tertiary/aromatic N) is 2. The molecule has 0 bridgehead atoms. The van der Waals surface area contributed by atoms with Crippen molar-refractivity contribution in [3.63, 3.8) is 0 Å². The number of rotatable bonds is 8. The van der Waals surface area contributed by atoms with Gasteiger partial charge in [0.15, 0.2) is 0 Å². The van der Waals surface area contributed by atoms with Gasteiger partial charge in [0.05, 0.1) is 13.0 Å². The summed E-state index contributed by atoms with van der Waals surface area (Å²) >= 11 is 6.11. The number of benzene rings is 2. The molecule has 0 radical (unpaired) electrons. The molecular weight excluding hydrogens is 356 g/mol. The van der Waals surface area contributed by atoms with Gasteiger partial charge in [-0.05, 0) is 41.8 Å². The molecule has 140 valence electrons. The summed E-state index contributed by atoms with van der Waals surface area (Å²) in [6.45, 7) is 4.23. The van der Waals surface area contributed by atoms with Gasteiger partial charge in [0, 0.05) is 30.0 Å². The zero-order valence-electron chi connectivity index (χ0n) is 15.6. The molecule has 3 nitrogen and oxygen atoms in total. The first-order chi connectivity index (χ1) is 13.2. The summed E-state index contributed by atoms with van der Waals surface area (Å²) in [6, 6.07) is 21.9. The number of carbonyl (C=O) groups is 1. The Morgan fingerprint density at radius 3 is 2.52 bits per heavy atom. The van der Waals surface area contributed by atoms with Crippen molar-refractivity contribution >= 4 is 17.5 Å². The number of hydrogen-bond donors (Lipinski definition) is 0. The maximum atomic E-state index is 12.8. The first-order valence-electron chi connectivity index (χ1n) is 9.36. The van der Waals surface area contributed by atoms with E-state index >= 15 is 0 Å². The van der Waals surface area contributed by atoms with E-state index in [0.29, 0.717) is 13.0 Å². The number of aromatic nitrogens is 1. The van der Waals surface area contributed by atoms with Crippen molar-refractivity contribution in [2.45, 2.75) is 32.9 Å². The lowest BCUT2D eigenvalue weighted by Crippen LogP contribution is -2.33. The molecule has 1 amide bonds. The van der Waals surface area contributed by atoms with Gasteiger partial charge >= 0.3 is 0 Å². The fraction of sp³-hybridized carbons (Fsp3) is 0.261. The summed E-state index contributed by atoms with van der Waals surface area (Å²) in [4.78, 5) is 14.8. The standard InChI is InChI=1S/C23H25ClN2O/c1-2-13-26(23(27)16-19-8-4-3-5-9-19)18-22-12-7-14-25(22)17-20-10-6-11-21(24)15-20/h3-12,14-15H,2,13,16-18H2,1H3. The lowest BCUT2D eigenvalue weighted by Gasteiger charge is -2.23. The highest BCUT2D eigenvalue weighted by molar-refractivity contribution is 6.30. The molecule has 0 saturated heterocycles. The molecule has 1 aromatic heterocycles. The third kappa shape index (κ3) is 5.48. The van der Waals surface area contributed by atoms with Gasteiger partial charge in [-0.1, -0.05) is 61.0 Å². The SMILES string of the molecule is CCCN(Cc1cccn1Cc1cccc(Cl)c1)C(=O)Cc1ccccc1. The zero-order valence-corrected chi connectivity index (χ0v) is 16.4. The van der Waals surface area contributed by atoms with Crippen LogP contribution >= 0.6 is 11.6 Å². The molecule has 0 fully saturated rings. The van der Waals surface area contributed by atoms with E-state index in [1.165, 1.54) is 0 Å². The van der Waals surface area contributed by atoms with Crippen molar-refractivity contribution in [3.05, 3.63) is 94.8 Å². The largest absolute Gasteiger partial charge is 0.345 e. The van der Waals surface area contributed by atoms with Gasteiger partial charge < -0.3 is 9.47 Å². The molecule has 2 aromatic carbocycles. The molecule has 27 heavy (non-hydrogen) atoms.